The molecule has 3 heterocycles. The van der Waals surface area contributed by atoms with Crippen molar-refractivity contribution in [2.24, 2.45) is 11.7 Å². The van der Waals surface area contributed by atoms with E-state index in [4.69, 9.17) is 11.1 Å². The third-order valence-electron chi connectivity index (χ3n) is 6.05. The van der Waals surface area contributed by atoms with Crippen LogP contribution in [-0.4, -0.2) is 38.4 Å². The van der Waals surface area contributed by atoms with Gasteiger partial charge in [-0.1, -0.05) is 32.9 Å². The molecule has 1 aliphatic heterocycles. The second-order valence-corrected chi connectivity index (χ2v) is 9.77. The van der Waals surface area contributed by atoms with E-state index in [1.807, 2.05) is 18.3 Å². The average molecular weight is 421 g/mol. The van der Waals surface area contributed by atoms with E-state index in [9.17, 15) is 4.79 Å². The first kappa shape index (κ1) is 21.3. The van der Waals surface area contributed by atoms with Crippen LogP contribution in [0.15, 0.2) is 41.3 Å². The van der Waals surface area contributed by atoms with E-state index in [2.05, 4.69) is 53.8 Å². The molecule has 0 amide bonds. The zero-order valence-electron chi connectivity index (χ0n) is 18.6. The Morgan fingerprint density at radius 2 is 2.03 bits per heavy atom. The molecule has 0 radical (unpaired) electrons. The summed E-state index contributed by atoms with van der Waals surface area (Å²) < 4.78 is 1.61. The lowest BCUT2D eigenvalue weighted by Gasteiger charge is -2.32. The maximum Gasteiger partial charge on any atom is 0.354 e. The summed E-state index contributed by atoms with van der Waals surface area (Å²) in [6, 6.07) is 10.2. The molecule has 1 aromatic carbocycles. The van der Waals surface area contributed by atoms with E-state index in [1.165, 1.54) is 5.56 Å². The van der Waals surface area contributed by atoms with Gasteiger partial charge in [0, 0.05) is 42.2 Å². The molecule has 1 atom stereocenters. The first-order valence-electron chi connectivity index (χ1n) is 11.0. The molecule has 164 valence electrons. The van der Waals surface area contributed by atoms with Crippen LogP contribution in [0.2, 0.25) is 0 Å². The van der Waals surface area contributed by atoms with Crippen molar-refractivity contribution < 1.29 is 0 Å². The Hall–Kier alpha value is -2.93. The van der Waals surface area contributed by atoms with Crippen LogP contribution in [0.5, 0.6) is 0 Å². The summed E-state index contributed by atoms with van der Waals surface area (Å²) >= 11 is 0. The van der Waals surface area contributed by atoms with Gasteiger partial charge in [0.2, 0.25) is 0 Å². The lowest BCUT2D eigenvalue weighted by molar-refractivity contribution is 0.170. The van der Waals surface area contributed by atoms with E-state index in [-0.39, 0.29) is 16.9 Å². The Kier molecular flexibility index (Phi) is 5.71. The van der Waals surface area contributed by atoms with Crippen molar-refractivity contribution >= 4 is 16.9 Å². The smallest absolute Gasteiger partial charge is 0.354 e. The van der Waals surface area contributed by atoms with E-state index >= 15 is 0 Å². The number of hydrogen-bond donors (Lipinski definition) is 3. The second kappa shape index (κ2) is 8.30. The van der Waals surface area contributed by atoms with Gasteiger partial charge in [-0.3, -0.25) is 14.9 Å². The number of H-pyrrole nitrogens is 1. The molecule has 4 rings (SSSR count). The van der Waals surface area contributed by atoms with Gasteiger partial charge in [0.1, 0.15) is 5.65 Å². The summed E-state index contributed by atoms with van der Waals surface area (Å²) in [5.74, 6) is 0.755. The average Bonchev–Trinajstić information content (AvgIpc) is 3.11. The second-order valence-electron chi connectivity index (χ2n) is 9.77. The van der Waals surface area contributed by atoms with Crippen LogP contribution in [0.25, 0.3) is 16.7 Å². The predicted octanol–water partition coefficient (Wildman–Crippen LogP) is 3.55. The number of nitrogens with zero attached hydrogens (tertiary/aromatic N) is 3. The van der Waals surface area contributed by atoms with Crippen molar-refractivity contribution in [2.75, 3.05) is 13.1 Å². The van der Waals surface area contributed by atoms with Crippen LogP contribution in [0.1, 0.15) is 51.3 Å². The third-order valence-corrected chi connectivity index (χ3v) is 6.05. The number of piperidine rings is 1. The molecule has 0 unspecified atom stereocenters. The number of likely N-dealkylation sites (tertiary alicyclic amines) is 1. The zero-order valence-corrected chi connectivity index (χ0v) is 18.6. The molecular formula is C24H32N6O. The first-order chi connectivity index (χ1) is 14.7. The number of hydrogen-bond acceptors (Lipinski definition) is 4. The number of nitrogens with two attached hydrogens (primary N) is 1. The summed E-state index contributed by atoms with van der Waals surface area (Å²) in [6.45, 7) is 9.31. The van der Waals surface area contributed by atoms with Gasteiger partial charge in [-0.05, 0) is 49.1 Å². The molecule has 7 heteroatoms. The van der Waals surface area contributed by atoms with Gasteiger partial charge in [-0.25, -0.2) is 4.79 Å². The SMILES string of the molecule is CC(C)(C)c1cc2cn(-c3ccc(CN4CCC[C@H](CC(=N)N)C4)cc3)c(=O)nc2[nH]1. The molecule has 1 fully saturated rings. The van der Waals surface area contributed by atoms with Crippen molar-refractivity contribution in [1.29, 1.82) is 5.41 Å². The maximum atomic E-state index is 12.6. The molecule has 31 heavy (non-hydrogen) atoms. The van der Waals surface area contributed by atoms with Crippen molar-refractivity contribution in [3.63, 3.8) is 0 Å². The molecule has 7 nitrogen and oxygen atoms in total. The minimum atomic E-state index is -0.286. The standard InChI is InChI=1S/C24H32N6O/c1-24(2,3)20-12-18-15-30(23(31)28-22(18)27-20)19-8-6-16(7-9-19)13-29-10-4-5-17(14-29)11-21(25)26/h6-9,12,15,17H,4-5,10-11,13-14H2,1-3H3,(H3,25,26)(H,27,28,31)/t17-/m1/s1. The Labute approximate surface area is 182 Å². The van der Waals surface area contributed by atoms with Crippen molar-refractivity contribution in [1.82, 2.24) is 19.4 Å². The van der Waals surface area contributed by atoms with Crippen molar-refractivity contribution in [3.05, 3.63) is 58.3 Å². The van der Waals surface area contributed by atoms with Crippen LogP contribution < -0.4 is 11.4 Å². The van der Waals surface area contributed by atoms with Gasteiger partial charge < -0.3 is 10.7 Å². The van der Waals surface area contributed by atoms with Crippen LogP contribution in [0.3, 0.4) is 0 Å². The summed E-state index contributed by atoms with van der Waals surface area (Å²) in [6.07, 6.45) is 4.83. The molecule has 1 saturated heterocycles. The lowest BCUT2D eigenvalue weighted by Crippen LogP contribution is -2.36. The highest BCUT2D eigenvalue weighted by atomic mass is 16.1. The van der Waals surface area contributed by atoms with Gasteiger partial charge in [0.25, 0.3) is 0 Å². The number of aromatic amines is 1. The summed E-state index contributed by atoms with van der Waals surface area (Å²) in [5, 5.41) is 8.48. The molecule has 0 aliphatic carbocycles. The highest BCUT2D eigenvalue weighted by Crippen LogP contribution is 2.25. The quantitative estimate of drug-likeness (QED) is 0.434. The molecule has 3 aromatic rings. The monoisotopic (exact) mass is 420 g/mol. The normalized spacial score (nSPS) is 17.8. The van der Waals surface area contributed by atoms with Crippen LogP contribution >= 0.6 is 0 Å². The van der Waals surface area contributed by atoms with E-state index in [0.717, 1.165) is 49.2 Å². The Morgan fingerprint density at radius 1 is 1.29 bits per heavy atom. The fourth-order valence-electron chi connectivity index (χ4n) is 4.38. The Morgan fingerprint density at radius 3 is 2.71 bits per heavy atom. The number of aromatic nitrogens is 3. The largest absolute Gasteiger partial charge is 0.388 e. The van der Waals surface area contributed by atoms with Gasteiger partial charge in [0.15, 0.2) is 0 Å². The topological polar surface area (TPSA) is 104 Å². The fourth-order valence-corrected chi connectivity index (χ4v) is 4.38. The zero-order chi connectivity index (χ0) is 22.2. The molecule has 0 spiro atoms. The molecule has 0 saturated carbocycles. The highest BCUT2D eigenvalue weighted by molar-refractivity contribution is 5.77. The number of fused-ring (bicyclic) bond motifs is 1. The van der Waals surface area contributed by atoms with Gasteiger partial charge in [-0.2, -0.15) is 4.98 Å². The lowest BCUT2D eigenvalue weighted by atomic mass is 9.92. The van der Waals surface area contributed by atoms with E-state index in [1.54, 1.807) is 4.57 Å². The molecule has 4 N–H and O–H groups in total. The number of benzene rings is 1. The number of nitrogens with one attached hydrogen (secondary N) is 2. The summed E-state index contributed by atoms with van der Waals surface area (Å²) in [7, 11) is 0. The number of rotatable bonds is 5. The van der Waals surface area contributed by atoms with Gasteiger partial charge >= 0.3 is 5.69 Å². The van der Waals surface area contributed by atoms with Crippen molar-refractivity contribution in [3.8, 4) is 5.69 Å². The molecule has 2 aromatic heterocycles. The molecule has 1 aliphatic rings. The Bertz CT molecular complexity index is 1140. The predicted molar refractivity (Wildman–Crippen MR) is 125 cm³/mol. The molecule has 0 bridgehead atoms. The van der Waals surface area contributed by atoms with Gasteiger partial charge in [0.05, 0.1) is 11.5 Å². The van der Waals surface area contributed by atoms with E-state index in [0.29, 0.717) is 18.0 Å². The highest BCUT2D eigenvalue weighted by Gasteiger charge is 2.21. The van der Waals surface area contributed by atoms with E-state index < -0.39 is 0 Å². The minimum absolute atomic E-state index is 0.0336. The molecular weight excluding hydrogens is 388 g/mol. The first-order valence-corrected chi connectivity index (χ1v) is 11.0. The van der Waals surface area contributed by atoms with Crippen LogP contribution in [-0.2, 0) is 12.0 Å². The third kappa shape index (κ3) is 4.88. The minimum Gasteiger partial charge on any atom is -0.388 e. The van der Waals surface area contributed by atoms with Crippen molar-refractivity contribution in [2.45, 2.75) is 52.0 Å². The fraction of sp³-hybridized carbons (Fsp3) is 0.458. The van der Waals surface area contributed by atoms with Crippen LogP contribution in [0.4, 0.5) is 0 Å². The Balaban J connectivity index is 1.51. The maximum absolute atomic E-state index is 12.6. The summed E-state index contributed by atoms with van der Waals surface area (Å²) in [4.78, 5) is 22.6. The van der Waals surface area contributed by atoms with Gasteiger partial charge in [-0.15, -0.1) is 0 Å². The van der Waals surface area contributed by atoms with Crippen LogP contribution in [0, 0.1) is 11.3 Å². The number of amidine groups is 1. The summed E-state index contributed by atoms with van der Waals surface area (Å²) in [5.41, 5.74) is 9.00.